The van der Waals surface area contributed by atoms with Crippen molar-refractivity contribution >= 4 is 23.2 Å². The quantitative estimate of drug-likeness (QED) is 0.0475. The average molecular weight is 425 g/mol. The first kappa shape index (κ1) is 24.3. The van der Waals surface area contributed by atoms with E-state index in [2.05, 4.69) is 9.37 Å². The van der Waals surface area contributed by atoms with Crippen molar-refractivity contribution in [3.05, 3.63) is 0 Å². The minimum absolute atomic E-state index is 0.0278. The lowest BCUT2D eigenvalue weighted by atomic mass is 10.0. The van der Waals surface area contributed by atoms with Crippen molar-refractivity contribution in [2.24, 2.45) is 0 Å². The van der Waals surface area contributed by atoms with Gasteiger partial charge in [0.2, 0.25) is 0 Å². The van der Waals surface area contributed by atoms with Gasteiger partial charge in [0.1, 0.15) is 54.2 Å². The van der Waals surface area contributed by atoms with Crippen molar-refractivity contribution in [2.45, 2.75) is 48.0 Å². The van der Waals surface area contributed by atoms with Gasteiger partial charge in [0.05, 0.1) is 13.2 Å². The van der Waals surface area contributed by atoms with Gasteiger partial charge in [-0.15, -0.1) is 4.33 Å². The second-order valence-electron chi connectivity index (χ2n) is 5.72. The largest absolute Gasteiger partial charge is 0.394 e. The maximum atomic E-state index is 10.4. The van der Waals surface area contributed by atoms with Gasteiger partial charge in [0, 0.05) is 10.9 Å². The minimum Gasteiger partial charge on any atom is -0.394 e. The van der Waals surface area contributed by atoms with Crippen molar-refractivity contribution in [3.63, 3.8) is 0 Å². The van der Waals surface area contributed by atoms with Gasteiger partial charge in [-0.05, 0) is 0 Å². The van der Waals surface area contributed by atoms with Crippen LogP contribution in [0.25, 0.3) is 0 Å². The Hall–Kier alpha value is 0.220. The molecule has 0 saturated carbocycles. The predicted octanol–water partition coefficient (Wildman–Crippen LogP) is -4.49. The monoisotopic (exact) mass is 425 g/mol. The first-order valence-corrected chi connectivity index (χ1v) is 9.84. The van der Waals surface area contributed by atoms with E-state index in [0.717, 1.165) is 0 Å². The van der Waals surface area contributed by atoms with E-state index in [4.69, 9.17) is 14.5 Å². The third kappa shape index (κ3) is 6.39. The van der Waals surface area contributed by atoms with E-state index < -0.39 is 72.1 Å². The Morgan fingerprint density at radius 1 is 1.04 bits per heavy atom. The molecule has 0 aliphatic carbocycles. The van der Waals surface area contributed by atoms with Crippen LogP contribution in [0, 0.1) is 0 Å². The van der Waals surface area contributed by atoms with Crippen LogP contribution in [0.5, 0.6) is 0 Å². The van der Waals surface area contributed by atoms with E-state index in [1.165, 1.54) is 0 Å². The van der Waals surface area contributed by atoms with Gasteiger partial charge < -0.3 is 40.9 Å². The molecule has 1 saturated heterocycles. The molecule has 1 aliphatic heterocycles. The van der Waals surface area contributed by atoms with Crippen LogP contribution >= 0.6 is 12.3 Å². The SMILES string of the molecule is OCC(O)[C@H](O)[C@H](O)C(OSOOO)[C@H](O)C[S@+]1C[C@@H](O)[C@H](O)[C@H]1CO. The summed E-state index contributed by atoms with van der Waals surface area (Å²) in [6.45, 7) is -1.29. The van der Waals surface area contributed by atoms with Crippen LogP contribution in [0.4, 0.5) is 0 Å². The Kier molecular flexibility index (Phi) is 11.1. The van der Waals surface area contributed by atoms with Crippen LogP contribution < -0.4 is 0 Å². The van der Waals surface area contributed by atoms with Gasteiger partial charge >= 0.3 is 0 Å². The molecular formula is C12H25O12S2+. The van der Waals surface area contributed by atoms with E-state index in [1.807, 2.05) is 0 Å². The molecule has 0 bridgehead atoms. The second-order valence-corrected chi connectivity index (χ2v) is 8.53. The third-order valence-electron chi connectivity index (χ3n) is 4.01. The first-order chi connectivity index (χ1) is 12.3. The highest BCUT2D eigenvalue weighted by Gasteiger charge is 2.51. The van der Waals surface area contributed by atoms with Crippen molar-refractivity contribution in [1.29, 1.82) is 0 Å². The van der Waals surface area contributed by atoms with Crippen LogP contribution in [-0.4, -0.2) is 119 Å². The number of aliphatic hydroxyl groups is 8. The lowest BCUT2D eigenvalue weighted by Gasteiger charge is -2.30. The van der Waals surface area contributed by atoms with Crippen LogP contribution in [0.1, 0.15) is 0 Å². The molecule has 2 unspecified atom stereocenters. The van der Waals surface area contributed by atoms with E-state index in [0.29, 0.717) is 0 Å². The zero-order valence-electron chi connectivity index (χ0n) is 13.5. The number of aliphatic hydroxyl groups excluding tert-OH is 8. The van der Waals surface area contributed by atoms with Crippen molar-refractivity contribution in [2.75, 3.05) is 24.7 Å². The molecule has 0 aromatic carbocycles. The first-order valence-electron chi connectivity index (χ1n) is 7.55. The highest BCUT2D eigenvalue weighted by Crippen LogP contribution is 2.27. The Labute approximate surface area is 156 Å². The standard InChI is InChI=1S/C12H24O12S2/c13-1-5(15)10(19)11(20)12(22-25-24-23-21)7(17)4-26-3-6(16)9(18)8(26)2-14/h5-20H,1-4H2/p+1/t5?,6-,7-,8-,9+,10+,11+,12?,26+/m1/s1. The lowest BCUT2D eigenvalue weighted by Crippen LogP contribution is -2.52. The van der Waals surface area contributed by atoms with Gasteiger partial charge in [0.15, 0.2) is 17.6 Å². The Bertz CT molecular complexity index is 393. The summed E-state index contributed by atoms with van der Waals surface area (Å²) >= 11 is 0.0278. The molecule has 26 heavy (non-hydrogen) atoms. The maximum Gasteiger partial charge on any atom is 0.198 e. The Balaban J connectivity index is 2.81. The van der Waals surface area contributed by atoms with E-state index in [1.54, 1.807) is 0 Å². The molecule has 0 aromatic heterocycles. The fraction of sp³-hybridized carbons (Fsp3) is 1.00. The predicted molar refractivity (Wildman–Crippen MR) is 88.4 cm³/mol. The molecule has 9 N–H and O–H groups in total. The van der Waals surface area contributed by atoms with Gasteiger partial charge in [-0.2, -0.15) is 0 Å². The van der Waals surface area contributed by atoms with Crippen LogP contribution in [0.3, 0.4) is 0 Å². The van der Waals surface area contributed by atoms with Crippen LogP contribution in [-0.2, 0) is 24.5 Å². The normalized spacial score (nSPS) is 32.2. The van der Waals surface area contributed by atoms with E-state index >= 15 is 0 Å². The topological polar surface area (TPSA) is 210 Å². The summed E-state index contributed by atoms with van der Waals surface area (Å²) in [5.41, 5.74) is 0. The smallest absolute Gasteiger partial charge is 0.198 e. The van der Waals surface area contributed by atoms with Gasteiger partial charge in [-0.25, -0.2) is 5.26 Å². The summed E-state index contributed by atoms with van der Waals surface area (Å²) in [4.78, 5) is 0. The molecule has 0 amide bonds. The highest BCUT2D eigenvalue weighted by molar-refractivity contribution is 7.97. The molecule has 1 heterocycles. The van der Waals surface area contributed by atoms with Gasteiger partial charge in [-0.3, -0.25) is 4.18 Å². The van der Waals surface area contributed by atoms with Crippen molar-refractivity contribution in [3.8, 4) is 0 Å². The molecule has 0 radical (unpaired) electrons. The molecule has 0 spiro atoms. The average Bonchev–Trinajstić information content (AvgIpc) is 2.89. The summed E-state index contributed by atoms with van der Waals surface area (Å²) in [5.74, 6) is -0.0129. The zero-order valence-corrected chi connectivity index (χ0v) is 15.1. The minimum atomic E-state index is -1.88. The van der Waals surface area contributed by atoms with E-state index in [-0.39, 0.29) is 23.8 Å². The fourth-order valence-corrected chi connectivity index (χ4v) is 5.63. The molecule has 1 fully saturated rings. The fourth-order valence-electron chi connectivity index (χ4n) is 2.56. The van der Waals surface area contributed by atoms with Crippen LogP contribution in [0.15, 0.2) is 0 Å². The summed E-state index contributed by atoms with van der Waals surface area (Å²) in [6, 6.07) is 0. The molecule has 0 aromatic rings. The molecule has 156 valence electrons. The van der Waals surface area contributed by atoms with Crippen molar-refractivity contribution in [1.82, 2.24) is 0 Å². The molecule has 12 nitrogen and oxygen atoms in total. The number of hydrogen-bond donors (Lipinski definition) is 9. The van der Waals surface area contributed by atoms with E-state index in [9.17, 15) is 35.7 Å². The summed E-state index contributed by atoms with van der Waals surface area (Å²) in [7, 11) is -0.841. The third-order valence-corrected chi connectivity index (χ3v) is 7.25. The van der Waals surface area contributed by atoms with Crippen LogP contribution in [0.2, 0.25) is 0 Å². The van der Waals surface area contributed by atoms with Gasteiger partial charge in [-0.1, -0.05) is 5.04 Å². The number of rotatable bonds is 12. The highest BCUT2D eigenvalue weighted by atomic mass is 32.2. The Morgan fingerprint density at radius 3 is 2.23 bits per heavy atom. The number of hydrogen-bond acceptors (Lipinski definition) is 13. The van der Waals surface area contributed by atoms with Gasteiger partial charge in [0.25, 0.3) is 0 Å². The molecular weight excluding hydrogens is 400 g/mol. The second kappa shape index (κ2) is 11.9. The maximum absolute atomic E-state index is 10.4. The zero-order chi connectivity index (χ0) is 19.9. The lowest BCUT2D eigenvalue weighted by molar-refractivity contribution is -0.434. The summed E-state index contributed by atoms with van der Waals surface area (Å²) in [6.07, 6.45) is -10.8. The molecule has 9 atom stereocenters. The molecule has 14 heteroatoms. The molecule has 1 rings (SSSR count). The summed E-state index contributed by atoms with van der Waals surface area (Å²) in [5, 5.41) is 88.2. The molecule has 1 aliphatic rings. The summed E-state index contributed by atoms with van der Waals surface area (Å²) < 4.78 is 8.92. The Morgan fingerprint density at radius 2 is 1.69 bits per heavy atom. The van der Waals surface area contributed by atoms with Crippen molar-refractivity contribution < 1.29 is 59.7 Å².